The third kappa shape index (κ3) is 6.03. The Morgan fingerprint density at radius 1 is 1.30 bits per heavy atom. The van der Waals surface area contributed by atoms with Gasteiger partial charge in [0.25, 0.3) is 5.56 Å². The first-order chi connectivity index (χ1) is 12.5. The lowest BCUT2D eigenvalue weighted by molar-refractivity contribution is -0.139. The maximum Gasteiger partial charge on any atom is 0.423 e. The zero-order valence-corrected chi connectivity index (χ0v) is 16.8. The fourth-order valence-corrected chi connectivity index (χ4v) is 3.32. The molecule has 0 saturated carbocycles. The average molecular weight is 409 g/mol. The number of aliphatic hydroxyl groups is 1. The quantitative estimate of drug-likeness (QED) is 0.495. The Kier molecular flexibility index (Phi) is 7.06. The highest BCUT2D eigenvalue weighted by molar-refractivity contribution is 6.76. The van der Waals surface area contributed by atoms with Crippen molar-refractivity contribution in [1.82, 2.24) is 9.78 Å². The SMILES string of the molecule is C[Si](C)(C)CCOCn1ncc(N2CC(OCCO)C2)c(C(F)(F)F)c1=O. The van der Waals surface area contributed by atoms with Crippen molar-refractivity contribution in [3.05, 3.63) is 22.1 Å². The number of aromatic nitrogens is 2. The van der Waals surface area contributed by atoms with Crippen LogP contribution < -0.4 is 10.5 Å². The molecule has 0 unspecified atom stereocenters. The first kappa shape index (κ1) is 21.9. The van der Waals surface area contributed by atoms with E-state index in [1.165, 1.54) is 4.90 Å². The molecule has 1 aromatic heterocycles. The molecule has 0 atom stereocenters. The summed E-state index contributed by atoms with van der Waals surface area (Å²) >= 11 is 0. The molecule has 0 aromatic carbocycles. The minimum absolute atomic E-state index is 0.124. The van der Waals surface area contributed by atoms with Crippen LogP contribution in [-0.4, -0.2) is 62.0 Å². The summed E-state index contributed by atoms with van der Waals surface area (Å²) in [6, 6.07) is 0.842. The van der Waals surface area contributed by atoms with Gasteiger partial charge in [-0.2, -0.15) is 18.3 Å². The summed E-state index contributed by atoms with van der Waals surface area (Å²) in [5.41, 5.74) is -2.71. The molecule has 1 saturated heterocycles. The first-order valence-electron chi connectivity index (χ1n) is 8.75. The van der Waals surface area contributed by atoms with E-state index in [0.29, 0.717) is 11.3 Å². The number of ether oxygens (including phenoxy) is 2. The van der Waals surface area contributed by atoms with Crippen LogP contribution in [0.2, 0.25) is 25.7 Å². The molecule has 11 heteroatoms. The molecule has 0 spiro atoms. The van der Waals surface area contributed by atoms with E-state index in [1.54, 1.807) is 0 Å². The fraction of sp³-hybridized carbons (Fsp3) is 0.750. The van der Waals surface area contributed by atoms with Crippen LogP contribution in [0, 0.1) is 0 Å². The van der Waals surface area contributed by atoms with Crippen molar-refractivity contribution in [3.63, 3.8) is 0 Å². The largest absolute Gasteiger partial charge is 0.423 e. The Balaban J connectivity index is 2.11. The Hall–Kier alpha value is -1.43. The fourth-order valence-electron chi connectivity index (χ4n) is 2.57. The molecule has 1 N–H and O–H groups in total. The van der Waals surface area contributed by atoms with Crippen molar-refractivity contribution in [2.24, 2.45) is 0 Å². The molecule has 1 aliphatic heterocycles. The van der Waals surface area contributed by atoms with Crippen molar-refractivity contribution < 1.29 is 27.8 Å². The molecular weight excluding hydrogens is 383 g/mol. The monoisotopic (exact) mass is 409 g/mol. The van der Waals surface area contributed by atoms with Gasteiger partial charge in [0.05, 0.1) is 31.2 Å². The van der Waals surface area contributed by atoms with Gasteiger partial charge in [-0.1, -0.05) is 19.6 Å². The van der Waals surface area contributed by atoms with Crippen LogP contribution in [-0.2, 0) is 22.4 Å². The maximum absolute atomic E-state index is 13.5. The molecule has 1 fully saturated rings. The summed E-state index contributed by atoms with van der Waals surface area (Å²) in [5, 5.41) is 12.6. The van der Waals surface area contributed by atoms with Crippen LogP contribution in [0.15, 0.2) is 11.0 Å². The third-order valence-electron chi connectivity index (χ3n) is 4.15. The predicted molar refractivity (Wildman–Crippen MR) is 96.6 cm³/mol. The highest BCUT2D eigenvalue weighted by Gasteiger charge is 2.42. The molecule has 0 bridgehead atoms. The molecule has 0 amide bonds. The topological polar surface area (TPSA) is 76.8 Å². The standard InChI is InChI=1S/C16H26F3N3O4Si/c1-27(2,3)7-6-25-11-22-15(24)14(16(17,18)19)13(8-20-22)21-9-12(10-21)26-5-4-23/h8,12,23H,4-7,9-11H2,1-3H3. The number of anilines is 1. The van der Waals surface area contributed by atoms with Crippen LogP contribution in [0.4, 0.5) is 18.9 Å². The number of rotatable bonds is 9. The summed E-state index contributed by atoms with van der Waals surface area (Å²) in [6.07, 6.45) is -4.02. The molecule has 0 radical (unpaired) electrons. The van der Waals surface area contributed by atoms with Crippen molar-refractivity contribution >= 4 is 13.8 Å². The highest BCUT2D eigenvalue weighted by Crippen LogP contribution is 2.35. The van der Waals surface area contributed by atoms with Crippen LogP contribution in [0.1, 0.15) is 5.56 Å². The minimum Gasteiger partial charge on any atom is -0.394 e. The Bertz CT molecular complexity index is 685. The first-order valence-corrected chi connectivity index (χ1v) is 12.5. The lowest BCUT2D eigenvalue weighted by Crippen LogP contribution is -2.54. The summed E-state index contributed by atoms with van der Waals surface area (Å²) in [7, 11) is -1.33. The van der Waals surface area contributed by atoms with Crippen molar-refractivity contribution in [2.45, 2.75) is 44.7 Å². The molecule has 27 heavy (non-hydrogen) atoms. The Morgan fingerprint density at radius 3 is 2.52 bits per heavy atom. The maximum atomic E-state index is 13.5. The Morgan fingerprint density at radius 2 is 1.96 bits per heavy atom. The van der Waals surface area contributed by atoms with Gasteiger partial charge in [0.1, 0.15) is 12.3 Å². The van der Waals surface area contributed by atoms with E-state index in [-0.39, 0.29) is 44.8 Å². The molecule has 0 aliphatic carbocycles. The van der Waals surface area contributed by atoms with Gasteiger partial charge in [-0.05, 0) is 6.04 Å². The van der Waals surface area contributed by atoms with E-state index in [9.17, 15) is 18.0 Å². The third-order valence-corrected chi connectivity index (χ3v) is 5.85. The second kappa shape index (κ2) is 8.72. The smallest absolute Gasteiger partial charge is 0.394 e. The predicted octanol–water partition coefficient (Wildman–Crippen LogP) is 1.77. The van der Waals surface area contributed by atoms with Gasteiger partial charge >= 0.3 is 6.18 Å². The molecule has 2 rings (SSSR count). The number of aliphatic hydroxyl groups excluding tert-OH is 1. The molecule has 154 valence electrons. The number of hydrogen-bond acceptors (Lipinski definition) is 6. The Labute approximate surface area is 156 Å². The molecular formula is C16H26F3N3O4Si. The van der Waals surface area contributed by atoms with Gasteiger partial charge < -0.3 is 19.5 Å². The number of nitrogens with zero attached hydrogens (tertiary/aromatic N) is 3. The van der Waals surface area contributed by atoms with Gasteiger partial charge in [0.15, 0.2) is 0 Å². The number of halogens is 3. The van der Waals surface area contributed by atoms with Crippen LogP contribution in [0.25, 0.3) is 0 Å². The van der Waals surface area contributed by atoms with Crippen molar-refractivity contribution in [3.8, 4) is 0 Å². The lowest BCUT2D eigenvalue weighted by Gasteiger charge is -2.41. The van der Waals surface area contributed by atoms with E-state index in [2.05, 4.69) is 24.7 Å². The second-order valence-electron chi connectivity index (χ2n) is 7.68. The average Bonchev–Trinajstić information content (AvgIpc) is 2.49. The summed E-state index contributed by atoms with van der Waals surface area (Å²) in [6.45, 7) is 6.92. The van der Waals surface area contributed by atoms with Crippen LogP contribution in [0.5, 0.6) is 0 Å². The van der Waals surface area contributed by atoms with Gasteiger partial charge in [-0.25, -0.2) is 4.68 Å². The van der Waals surface area contributed by atoms with Crippen molar-refractivity contribution in [2.75, 3.05) is 37.8 Å². The van der Waals surface area contributed by atoms with E-state index < -0.39 is 25.4 Å². The van der Waals surface area contributed by atoms with Crippen LogP contribution >= 0.6 is 0 Å². The molecule has 7 nitrogen and oxygen atoms in total. The van der Waals surface area contributed by atoms with E-state index in [0.717, 1.165) is 12.2 Å². The summed E-state index contributed by atoms with van der Waals surface area (Å²) < 4.78 is 51.8. The second-order valence-corrected chi connectivity index (χ2v) is 13.3. The zero-order valence-electron chi connectivity index (χ0n) is 15.8. The van der Waals surface area contributed by atoms with Crippen LogP contribution in [0.3, 0.4) is 0 Å². The van der Waals surface area contributed by atoms with Gasteiger partial charge in [-0.15, -0.1) is 0 Å². The van der Waals surface area contributed by atoms with E-state index in [4.69, 9.17) is 14.6 Å². The molecule has 1 aliphatic rings. The van der Waals surface area contributed by atoms with Gasteiger partial charge in [-0.3, -0.25) is 4.79 Å². The van der Waals surface area contributed by atoms with Gasteiger partial charge in [0.2, 0.25) is 0 Å². The highest BCUT2D eigenvalue weighted by atomic mass is 28.3. The van der Waals surface area contributed by atoms with Gasteiger partial charge in [0, 0.05) is 27.8 Å². The normalized spacial score (nSPS) is 15.9. The number of alkyl halides is 3. The zero-order chi connectivity index (χ0) is 20.2. The minimum atomic E-state index is -4.80. The molecule has 2 heterocycles. The number of hydrogen-bond donors (Lipinski definition) is 1. The molecule has 1 aromatic rings. The summed E-state index contributed by atoms with van der Waals surface area (Å²) in [5.74, 6) is 0. The lowest BCUT2D eigenvalue weighted by atomic mass is 10.1. The summed E-state index contributed by atoms with van der Waals surface area (Å²) in [4.78, 5) is 13.7. The van der Waals surface area contributed by atoms with E-state index >= 15 is 0 Å². The van der Waals surface area contributed by atoms with Crippen molar-refractivity contribution in [1.29, 1.82) is 0 Å². The van der Waals surface area contributed by atoms with E-state index in [1.807, 2.05) is 0 Å².